The van der Waals surface area contributed by atoms with Crippen LogP contribution in [0.3, 0.4) is 0 Å². The molecule has 0 spiro atoms. The molecule has 0 aliphatic carbocycles. The van der Waals surface area contributed by atoms with Crippen molar-refractivity contribution in [2.24, 2.45) is 10.7 Å². The third-order valence-corrected chi connectivity index (χ3v) is 4.33. The summed E-state index contributed by atoms with van der Waals surface area (Å²) < 4.78 is 5.13. The second-order valence-corrected chi connectivity index (χ2v) is 6.26. The highest BCUT2D eigenvalue weighted by Crippen LogP contribution is 2.26. The molecular weight excluding hydrogens is 312 g/mol. The van der Waals surface area contributed by atoms with Crippen LogP contribution in [0.5, 0.6) is 5.75 Å². The van der Waals surface area contributed by atoms with Crippen LogP contribution < -0.4 is 15.8 Å². The third-order valence-electron chi connectivity index (χ3n) is 4.04. The van der Waals surface area contributed by atoms with Gasteiger partial charge in [0.15, 0.2) is 5.96 Å². The number of guanidine groups is 1. The van der Waals surface area contributed by atoms with E-state index in [2.05, 4.69) is 15.2 Å². The quantitative estimate of drug-likeness (QED) is 0.474. The summed E-state index contributed by atoms with van der Waals surface area (Å²) in [5, 5.41) is 3.60. The summed E-state index contributed by atoms with van der Waals surface area (Å²) in [6.45, 7) is 4.29. The molecule has 1 fully saturated rings. The Morgan fingerprint density at radius 1 is 1.30 bits per heavy atom. The van der Waals surface area contributed by atoms with Crippen molar-refractivity contribution in [1.82, 2.24) is 4.90 Å². The van der Waals surface area contributed by atoms with E-state index in [4.69, 9.17) is 22.1 Å². The Morgan fingerprint density at radius 3 is 2.70 bits per heavy atom. The first-order valence-corrected chi connectivity index (χ1v) is 8.69. The van der Waals surface area contributed by atoms with Crippen molar-refractivity contribution < 1.29 is 4.74 Å². The van der Waals surface area contributed by atoms with Gasteiger partial charge in [-0.1, -0.05) is 24.4 Å². The molecule has 1 aliphatic rings. The maximum Gasteiger partial charge on any atom is 0.193 e. The zero-order valence-electron chi connectivity index (χ0n) is 13.9. The number of nitrogens with one attached hydrogen (secondary N) is 1. The number of benzene rings is 1. The first-order chi connectivity index (χ1) is 11.2. The molecule has 0 bridgehead atoms. The molecule has 0 atom stereocenters. The van der Waals surface area contributed by atoms with E-state index in [1.807, 2.05) is 6.07 Å². The largest absolute Gasteiger partial charge is 0.495 e. The molecule has 0 unspecified atom stereocenters. The summed E-state index contributed by atoms with van der Waals surface area (Å²) in [6, 6.07) is 5.45. The fraction of sp³-hybridized carbons (Fsp3) is 0.588. The molecule has 1 aromatic rings. The van der Waals surface area contributed by atoms with Gasteiger partial charge in [0, 0.05) is 12.2 Å². The molecule has 128 valence electrons. The molecule has 6 heteroatoms. The van der Waals surface area contributed by atoms with Crippen molar-refractivity contribution in [3.63, 3.8) is 0 Å². The smallest absolute Gasteiger partial charge is 0.193 e. The number of anilines is 1. The van der Waals surface area contributed by atoms with Crippen LogP contribution in [0.15, 0.2) is 23.2 Å². The highest BCUT2D eigenvalue weighted by molar-refractivity contribution is 6.32. The van der Waals surface area contributed by atoms with Gasteiger partial charge in [-0.05, 0) is 57.1 Å². The number of hydrogen-bond donors (Lipinski definition) is 2. The number of methoxy groups -OCH3 is 1. The molecule has 0 radical (unpaired) electrons. The van der Waals surface area contributed by atoms with E-state index in [0.717, 1.165) is 25.2 Å². The first kappa shape index (κ1) is 17.9. The molecule has 2 rings (SSSR count). The van der Waals surface area contributed by atoms with Crippen molar-refractivity contribution in [3.05, 3.63) is 23.2 Å². The molecule has 1 aliphatic heterocycles. The van der Waals surface area contributed by atoms with Crippen molar-refractivity contribution >= 4 is 23.2 Å². The van der Waals surface area contributed by atoms with Gasteiger partial charge in [-0.3, -0.25) is 4.99 Å². The van der Waals surface area contributed by atoms with Crippen molar-refractivity contribution in [3.8, 4) is 5.75 Å². The Balaban J connectivity index is 1.73. The van der Waals surface area contributed by atoms with Crippen LogP contribution in [0.2, 0.25) is 5.02 Å². The van der Waals surface area contributed by atoms with Gasteiger partial charge in [0.2, 0.25) is 0 Å². The van der Waals surface area contributed by atoms with Crippen molar-refractivity contribution in [2.45, 2.75) is 32.1 Å². The van der Waals surface area contributed by atoms with E-state index in [-0.39, 0.29) is 0 Å². The number of aliphatic imine (C=N–C) groups is 1. The molecular formula is C17H27ClN4O. The molecule has 3 N–H and O–H groups in total. The molecule has 0 saturated carbocycles. The number of rotatable bonds is 6. The Hall–Kier alpha value is -1.46. The second-order valence-electron chi connectivity index (χ2n) is 5.85. The molecule has 0 aromatic heterocycles. The third kappa shape index (κ3) is 6.28. The summed E-state index contributed by atoms with van der Waals surface area (Å²) >= 11 is 6.09. The van der Waals surface area contributed by atoms with Crippen LogP contribution in [-0.2, 0) is 0 Å². The fourth-order valence-corrected chi connectivity index (χ4v) is 3.04. The molecule has 1 heterocycles. The minimum atomic E-state index is 0.419. The van der Waals surface area contributed by atoms with Gasteiger partial charge >= 0.3 is 0 Å². The minimum absolute atomic E-state index is 0.419. The molecule has 5 nitrogen and oxygen atoms in total. The number of hydrogen-bond acceptors (Lipinski definition) is 3. The summed E-state index contributed by atoms with van der Waals surface area (Å²) in [7, 11) is 1.59. The number of halogens is 1. The number of nitrogens with two attached hydrogens (primary N) is 1. The van der Waals surface area contributed by atoms with Crippen LogP contribution in [0.1, 0.15) is 32.1 Å². The SMILES string of the molecule is COc1ccc(NC(N)=NCCCN2CCCCCC2)cc1Cl. The molecule has 1 saturated heterocycles. The predicted molar refractivity (Wildman–Crippen MR) is 97.6 cm³/mol. The Bertz CT molecular complexity index is 513. The Labute approximate surface area is 143 Å². The fourth-order valence-electron chi connectivity index (χ4n) is 2.79. The zero-order valence-corrected chi connectivity index (χ0v) is 14.6. The van der Waals surface area contributed by atoms with Gasteiger partial charge in [0.25, 0.3) is 0 Å². The standard InChI is InChI=1S/C17H27ClN4O/c1-23-16-8-7-14(13-15(16)18)21-17(19)20-9-6-12-22-10-4-2-3-5-11-22/h7-8,13H,2-6,9-12H2,1H3,(H3,19,20,21). The predicted octanol–water partition coefficient (Wildman–Crippen LogP) is 3.34. The minimum Gasteiger partial charge on any atom is -0.495 e. The van der Waals surface area contributed by atoms with Crippen LogP contribution in [-0.4, -0.2) is 44.1 Å². The topological polar surface area (TPSA) is 62.9 Å². The van der Waals surface area contributed by atoms with Crippen molar-refractivity contribution in [1.29, 1.82) is 0 Å². The number of likely N-dealkylation sites (tertiary alicyclic amines) is 1. The highest BCUT2D eigenvalue weighted by atomic mass is 35.5. The van der Waals surface area contributed by atoms with Gasteiger partial charge in [-0.15, -0.1) is 0 Å². The van der Waals surface area contributed by atoms with E-state index in [9.17, 15) is 0 Å². The summed E-state index contributed by atoms with van der Waals surface area (Å²) in [5.74, 6) is 1.06. The van der Waals surface area contributed by atoms with E-state index < -0.39 is 0 Å². The van der Waals surface area contributed by atoms with Crippen LogP contribution in [0, 0.1) is 0 Å². The summed E-state index contributed by atoms with van der Waals surface area (Å²) in [4.78, 5) is 6.92. The van der Waals surface area contributed by atoms with Gasteiger partial charge in [-0.25, -0.2) is 0 Å². The normalized spacial score (nSPS) is 16.9. The van der Waals surface area contributed by atoms with Crippen LogP contribution >= 0.6 is 11.6 Å². The lowest BCUT2D eigenvalue weighted by Crippen LogP contribution is -2.27. The maximum atomic E-state index is 6.09. The van der Waals surface area contributed by atoms with Gasteiger partial charge in [-0.2, -0.15) is 0 Å². The molecule has 1 aromatic carbocycles. The van der Waals surface area contributed by atoms with Gasteiger partial charge < -0.3 is 20.7 Å². The van der Waals surface area contributed by atoms with Gasteiger partial charge in [0.05, 0.1) is 12.1 Å². The first-order valence-electron chi connectivity index (χ1n) is 8.32. The maximum absolute atomic E-state index is 6.09. The summed E-state index contributed by atoms with van der Waals surface area (Å²) in [5.41, 5.74) is 6.73. The number of ether oxygens (including phenoxy) is 1. The molecule has 0 amide bonds. The monoisotopic (exact) mass is 338 g/mol. The van der Waals surface area contributed by atoms with E-state index in [0.29, 0.717) is 16.7 Å². The Morgan fingerprint density at radius 2 is 2.04 bits per heavy atom. The average molecular weight is 339 g/mol. The van der Waals surface area contributed by atoms with E-state index in [1.165, 1.54) is 38.8 Å². The average Bonchev–Trinajstić information content (AvgIpc) is 2.80. The van der Waals surface area contributed by atoms with Gasteiger partial charge in [0.1, 0.15) is 5.75 Å². The lowest BCUT2D eigenvalue weighted by molar-refractivity contribution is 0.283. The second kappa shape index (κ2) is 9.63. The Kier molecular flexibility index (Phi) is 7.49. The van der Waals surface area contributed by atoms with Crippen molar-refractivity contribution in [2.75, 3.05) is 38.6 Å². The zero-order chi connectivity index (χ0) is 16.5. The summed E-state index contributed by atoms with van der Waals surface area (Å²) in [6.07, 6.45) is 6.42. The highest BCUT2D eigenvalue weighted by Gasteiger charge is 2.08. The lowest BCUT2D eigenvalue weighted by Gasteiger charge is -2.18. The van der Waals surface area contributed by atoms with Crippen LogP contribution in [0.4, 0.5) is 5.69 Å². The van der Waals surface area contributed by atoms with Crippen LogP contribution in [0.25, 0.3) is 0 Å². The van der Waals surface area contributed by atoms with E-state index in [1.54, 1.807) is 19.2 Å². The van der Waals surface area contributed by atoms with E-state index >= 15 is 0 Å². The number of nitrogens with zero attached hydrogens (tertiary/aromatic N) is 2. The molecule has 23 heavy (non-hydrogen) atoms. The lowest BCUT2D eigenvalue weighted by atomic mass is 10.2.